The van der Waals surface area contributed by atoms with E-state index in [0.717, 1.165) is 12.8 Å². The predicted molar refractivity (Wildman–Crippen MR) is 82.3 cm³/mol. The Morgan fingerprint density at radius 2 is 2.05 bits per heavy atom. The Kier molecular flexibility index (Phi) is 4.01. The molecule has 1 saturated heterocycles. The van der Waals surface area contributed by atoms with Crippen LogP contribution in [0.4, 0.5) is 4.39 Å². The molecule has 1 aliphatic carbocycles. The highest BCUT2D eigenvalue weighted by molar-refractivity contribution is 7.89. The molecule has 1 unspecified atom stereocenters. The van der Waals surface area contributed by atoms with Gasteiger partial charge in [-0.25, -0.2) is 12.8 Å². The third-order valence-corrected chi connectivity index (χ3v) is 6.54. The lowest BCUT2D eigenvalue weighted by Crippen LogP contribution is -2.67. The van der Waals surface area contributed by atoms with E-state index in [1.165, 1.54) is 22.5 Å². The molecule has 22 heavy (non-hydrogen) atoms. The van der Waals surface area contributed by atoms with Crippen LogP contribution >= 0.6 is 0 Å². The van der Waals surface area contributed by atoms with Crippen LogP contribution in [0.15, 0.2) is 29.2 Å². The van der Waals surface area contributed by atoms with Gasteiger partial charge in [0.1, 0.15) is 10.7 Å². The number of sulfonamides is 1. The highest BCUT2D eigenvalue weighted by atomic mass is 32.2. The summed E-state index contributed by atoms with van der Waals surface area (Å²) >= 11 is 0. The van der Waals surface area contributed by atoms with Gasteiger partial charge in [-0.1, -0.05) is 12.1 Å². The predicted octanol–water partition coefficient (Wildman–Crippen LogP) is 0.916. The Bertz CT molecular complexity index is 651. The molecule has 0 bridgehead atoms. The van der Waals surface area contributed by atoms with Crippen molar-refractivity contribution in [3.05, 3.63) is 30.1 Å². The van der Waals surface area contributed by atoms with E-state index in [9.17, 15) is 12.8 Å². The molecule has 3 rings (SSSR count). The van der Waals surface area contributed by atoms with Crippen LogP contribution in [0.25, 0.3) is 0 Å². The molecular weight excluding hydrogens is 305 g/mol. The lowest BCUT2D eigenvalue weighted by atomic mass is 9.61. The van der Waals surface area contributed by atoms with Gasteiger partial charge in [0.2, 0.25) is 10.0 Å². The first-order valence-electron chi connectivity index (χ1n) is 7.57. The second-order valence-electron chi connectivity index (χ2n) is 6.61. The SMILES string of the molecule is CC(CN)NC1CC2(C1)CN(S(=O)(=O)c1ccccc1F)C2. The van der Waals surface area contributed by atoms with Gasteiger partial charge in [0, 0.05) is 37.1 Å². The lowest BCUT2D eigenvalue weighted by Gasteiger charge is -2.58. The first-order valence-corrected chi connectivity index (χ1v) is 9.01. The van der Waals surface area contributed by atoms with E-state index >= 15 is 0 Å². The Hall–Kier alpha value is -1.02. The van der Waals surface area contributed by atoms with Crippen molar-refractivity contribution in [1.82, 2.24) is 9.62 Å². The molecular formula is C15H22FN3O2S. The summed E-state index contributed by atoms with van der Waals surface area (Å²) in [5.74, 6) is -0.687. The van der Waals surface area contributed by atoms with Crippen LogP contribution in [0, 0.1) is 11.2 Å². The Labute approximate surface area is 130 Å². The zero-order chi connectivity index (χ0) is 16.0. The average molecular weight is 327 g/mol. The topological polar surface area (TPSA) is 75.4 Å². The number of hydrogen-bond acceptors (Lipinski definition) is 4. The summed E-state index contributed by atoms with van der Waals surface area (Å²) in [5.41, 5.74) is 5.66. The minimum absolute atomic E-state index is 0.0737. The Morgan fingerprint density at radius 1 is 1.41 bits per heavy atom. The van der Waals surface area contributed by atoms with Crippen LogP contribution < -0.4 is 11.1 Å². The molecule has 5 nitrogen and oxygen atoms in total. The number of nitrogens with two attached hydrogens (primary N) is 1. The summed E-state index contributed by atoms with van der Waals surface area (Å²) in [6.07, 6.45) is 1.92. The van der Waals surface area contributed by atoms with Crippen molar-refractivity contribution in [3.63, 3.8) is 0 Å². The second kappa shape index (κ2) is 5.56. The summed E-state index contributed by atoms with van der Waals surface area (Å²) in [7, 11) is -3.71. The van der Waals surface area contributed by atoms with Gasteiger partial charge in [-0.3, -0.25) is 0 Å². The van der Waals surface area contributed by atoms with Crippen LogP contribution in [0.1, 0.15) is 19.8 Å². The number of hydrogen-bond donors (Lipinski definition) is 2. The van der Waals surface area contributed by atoms with Crippen molar-refractivity contribution >= 4 is 10.0 Å². The minimum Gasteiger partial charge on any atom is -0.329 e. The van der Waals surface area contributed by atoms with Crippen LogP contribution in [0.2, 0.25) is 0 Å². The summed E-state index contributed by atoms with van der Waals surface area (Å²) in [6, 6.07) is 6.23. The van der Waals surface area contributed by atoms with Crippen molar-refractivity contribution in [2.75, 3.05) is 19.6 Å². The van der Waals surface area contributed by atoms with Crippen LogP contribution in [-0.2, 0) is 10.0 Å². The zero-order valence-electron chi connectivity index (χ0n) is 12.6. The number of rotatable bonds is 5. The first-order chi connectivity index (χ1) is 10.4. The van der Waals surface area contributed by atoms with Crippen molar-refractivity contribution in [2.45, 2.75) is 36.7 Å². The van der Waals surface area contributed by atoms with Crippen LogP contribution in [0.3, 0.4) is 0 Å². The third kappa shape index (κ3) is 2.67. The molecule has 1 aliphatic heterocycles. The maximum absolute atomic E-state index is 13.7. The van der Waals surface area contributed by atoms with Crippen LogP contribution in [-0.4, -0.2) is 44.4 Å². The van der Waals surface area contributed by atoms with Gasteiger partial charge in [0.05, 0.1) is 0 Å². The maximum Gasteiger partial charge on any atom is 0.246 e. The summed E-state index contributed by atoms with van der Waals surface area (Å²) in [5, 5.41) is 3.43. The van der Waals surface area contributed by atoms with E-state index in [2.05, 4.69) is 5.32 Å². The van der Waals surface area contributed by atoms with Crippen LogP contribution in [0.5, 0.6) is 0 Å². The van der Waals surface area contributed by atoms with Gasteiger partial charge >= 0.3 is 0 Å². The molecule has 0 amide bonds. The van der Waals surface area contributed by atoms with Gasteiger partial charge < -0.3 is 11.1 Å². The smallest absolute Gasteiger partial charge is 0.246 e. The molecule has 1 aromatic carbocycles. The van der Waals surface area contributed by atoms with Crippen molar-refractivity contribution < 1.29 is 12.8 Å². The van der Waals surface area contributed by atoms with E-state index in [0.29, 0.717) is 25.7 Å². The Morgan fingerprint density at radius 3 is 2.64 bits per heavy atom. The molecule has 3 N–H and O–H groups in total. The molecule has 122 valence electrons. The summed E-state index contributed by atoms with van der Waals surface area (Å²) < 4.78 is 39.9. The number of nitrogens with one attached hydrogen (secondary N) is 1. The first kappa shape index (κ1) is 15.9. The quantitative estimate of drug-likeness (QED) is 0.843. The molecule has 1 saturated carbocycles. The number of nitrogens with zero attached hydrogens (tertiary/aromatic N) is 1. The van der Waals surface area contributed by atoms with E-state index in [1.54, 1.807) is 6.07 Å². The Balaban J connectivity index is 1.59. The zero-order valence-corrected chi connectivity index (χ0v) is 13.4. The molecule has 1 heterocycles. The van der Waals surface area contributed by atoms with Gasteiger partial charge in [0.15, 0.2) is 0 Å². The van der Waals surface area contributed by atoms with Gasteiger partial charge in [-0.05, 0) is 31.9 Å². The molecule has 7 heteroatoms. The van der Waals surface area contributed by atoms with Gasteiger partial charge in [-0.15, -0.1) is 0 Å². The van der Waals surface area contributed by atoms with E-state index < -0.39 is 15.8 Å². The van der Waals surface area contributed by atoms with Crippen molar-refractivity contribution in [2.24, 2.45) is 11.1 Å². The number of halogens is 1. The fourth-order valence-corrected chi connectivity index (χ4v) is 5.23. The van der Waals surface area contributed by atoms with E-state index in [-0.39, 0.29) is 16.4 Å². The molecule has 2 aliphatic rings. The largest absolute Gasteiger partial charge is 0.329 e. The molecule has 0 aromatic heterocycles. The molecule has 0 radical (unpaired) electrons. The van der Waals surface area contributed by atoms with E-state index in [1.807, 2.05) is 6.92 Å². The van der Waals surface area contributed by atoms with Crippen molar-refractivity contribution in [1.29, 1.82) is 0 Å². The van der Waals surface area contributed by atoms with E-state index in [4.69, 9.17) is 5.73 Å². The highest BCUT2D eigenvalue weighted by Gasteiger charge is 2.55. The molecule has 1 spiro atoms. The summed E-state index contributed by atoms with van der Waals surface area (Å²) in [6.45, 7) is 3.61. The lowest BCUT2D eigenvalue weighted by molar-refractivity contribution is -0.0360. The normalized spacial score (nSPS) is 23.0. The fourth-order valence-electron chi connectivity index (χ4n) is 3.50. The highest BCUT2D eigenvalue weighted by Crippen LogP contribution is 2.50. The monoisotopic (exact) mass is 327 g/mol. The molecule has 1 atom stereocenters. The molecule has 1 aromatic rings. The van der Waals surface area contributed by atoms with Crippen molar-refractivity contribution in [3.8, 4) is 0 Å². The fraction of sp³-hybridized carbons (Fsp3) is 0.600. The minimum atomic E-state index is -3.71. The van der Waals surface area contributed by atoms with Gasteiger partial charge in [0.25, 0.3) is 0 Å². The average Bonchev–Trinajstić information content (AvgIpc) is 2.39. The van der Waals surface area contributed by atoms with Gasteiger partial charge in [-0.2, -0.15) is 4.31 Å². The standard InChI is InChI=1S/C15H22FN3O2S/c1-11(8-17)18-12-6-15(7-12)9-19(10-15)22(20,21)14-5-3-2-4-13(14)16/h2-5,11-12,18H,6-10,17H2,1H3. The maximum atomic E-state index is 13.7. The summed E-state index contributed by atoms with van der Waals surface area (Å²) in [4.78, 5) is -0.226. The number of benzene rings is 1. The molecule has 2 fully saturated rings. The third-order valence-electron chi connectivity index (χ3n) is 4.71. The second-order valence-corrected chi connectivity index (χ2v) is 8.52.